The smallest absolute Gasteiger partial charge is 0.332 e. The Morgan fingerprint density at radius 3 is 0.380 bits per heavy atom. The molecule has 18 nitrogen and oxygen atoms in total. The zero-order chi connectivity index (χ0) is 80.0. The second kappa shape index (κ2) is 40.2. The molecule has 0 aromatic carbocycles. The maximum atomic E-state index is 14.0. The van der Waals surface area contributed by atoms with E-state index in [1.54, 1.807) is 0 Å². The van der Waals surface area contributed by atoms with E-state index in [2.05, 4.69) is 125 Å². The van der Waals surface area contributed by atoms with Crippen LogP contribution in [-0.2, 0) is 85.6 Å². The quantitative estimate of drug-likeness (QED) is 0.0649. The monoisotopic (exact) mass is 1530 g/mol. The summed E-state index contributed by atoms with van der Waals surface area (Å²) in [5.41, 5.74) is -0.694. The van der Waals surface area contributed by atoms with Crippen LogP contribution in [-0.4, -0.2) is 152 Å². The fraction of sp³-hybridized carbons (Fsp3) is 0.933. The first kappa shape index (κ1) is 91.8. The molecule has 12 bridgehead atoms. The fourth-order valence-electron chi connectivity index (χ4n) is 22.1. The van der Waals surface area contributed by atoms with Crippen molar-refractivity contribution in [3.8, 4) is 0 Å². The van der Waals surface area contributed by atoms with Gasteiger partial charge in [0.2, 0.25) is 0 Å². The fourth-order valence-corrected chi connectivity index (χ4v) is 22.1. The second-order valence-electron chi connectivity index (χ2n) is 41.2. The maximum Gasteiger partial charge on any atom is 0.332 e. The topological polar surface area (TPSA) is 213 Å². The summed E-state index contributed by atoms with van der Waals surface area (Å²) in [7, 11) is 0. The van der Waals surface area contributed by atoms with Crippen LogP contribution in [0.4, 0.5) is 0 Å². The minimum Gasteiger partial charge on any atom is -0.464 e. The third kappa shape index (κ3) is 26.3. The Kier molecular flexibility index (Phi) is 34.2. The maximum absolute atomic E-state index is 14.0. The van der Waals surface area contributed by atoms with Gasteiger partial charge in [0, 0.05) is 0 Å². The van der Waals surface area contributed by atoms with E-state index in [4.69, 9.17) is 56.8 Å². The van der Waals surface area contributed by atoms with Crippen LogP contribution >= 0.6 is 0 Å². The first-order chi connectivity index (χ1) is 50.5. The van der Waals surface area contributed by atoms with E-state index in [1.807, 2.05) is 41.5 Å². The lowest BCUT2D eigenvalue weighted by Gasteiger charge is -2.54. The van der Waals surface area contributed by atoms with Gasteiger partial charge in [0.25, 0.3) is 0 Å². The predicted octanol–water partition coefficient (Wildman–Crippen LogP) is 18.2. The first-order valence-electron chi connectivity index (χ1n) is 43.1. The van der Waals surface area contributed by atoms with Crippen molar-refractivity contribution in [3.63, 3.8) is 0 Å². The van der Waals surface area contributed by atoms with Crippen LogP contribution in [0.15, 0.2) is 0 Å². The van der Waals surface area contributed by atoms with E-state index in [1.165, 1.54) is 0 Å². The van der Waals surface area contributed by atoms with Gasteiger partial charge in [-0.2, -0.15) is 0 Å². The third-order valence-electron chi connectivity index (χ3n) is 27.8. The molecule has 0 N–H and O–H groups in total. The zero-order valence-electron chi connectivity index (χ0n) is 72.4. The number of fused-ring (bicyclic) bond motifs is 12. The molecule has 7 rings (SSSR count). The summed E-state index contributed by atoms with van der Waals surface area (Å²) in [6.45, 7) is 53.9. The van der Waals surface area contributed by atoms with Gasteiger partial charge in [0.1, 0.15) is 39.6 Å². The SMILES string of the molecule is CCOC(=O)COC1C2CC3CC(C(C)(C)C)CC(CC4CC(C(C)(C)C)CC(CC5CC(C(C)(C)C)CC(CC6CC(C(C)(C)C)CC(CC7CC(C(C)(C)C)CC(CC1CC(C(C)(C)C)C2)C7OCC(=O)OCC)C6OCC(=O)OCC)C5OCC(=O)OCC)C4OCC(=O)OCC)C3OCC(=O)OCC. The Bertz CT molecular complexity index is 2240. The number of carbonyl (C=O) groups is 6. The lowest BCUT2D eigenvalue weighted by Crippen LogP contribution is -2.52. The number of ether oxygens (including phenoxy) is 12. The molecule has 12 atom stereocenters. The van der Waals surface area contributed by atoms with Crippen molar-refractivity contribution in [2.75, 3.05) is 79.3 Å². The highest BCUT2D eigenvalue weighted by Crippen LogP contribution is 2.60. The minimum absolute atomic E-state index is 0.0475. The molecule has 0 radical (unpaired) electrons. The van der Waals surface area contributed by atoms with Crippen molar-refractivity contribution in [1.82, 2.24) is 0 Å². The molecule has 12 unspecified atom stereocenters. The summed E-state index contributed by atoms with van der Waals surface area (Å²) in [4.78, 5) is 83.9. The van der Waals surface area contributed by atoms with Gasteiger partial charge >= 0.3 is 35.8 Å². The van der Waals surface area contributed by atoms with E-state index in [9.17, 15) is 28.8 Å². The van der Waals surface area contributed by atoms with Gasteiger partial charge in [-0.3, -0.25) is 0 Å². The molecular formula is C90H156O18. The second-order valence-corrected chi connectivity index (χ2v) is 41.2. The van der Waals surface area contributed by atoms with Gasteiger partial charge < -0.3 is 56.8 Å². The highest BCUT2D eigenvalue weighted by atomic mass is 16.6. The Morgan fingerprint density at radius 1 is 0.194 bits per heavy atom. The van der Waals surface area contributed by atoms with Crippen molar-refractivity contribution in [3.05, 3.63) is 0 Å². The molecule has 7 fully saturated rings. The predicted molar refractivity (Wildman–Crippen MR) is 421 cm³/mol. The number of rotatable bonds is 24. The normalized spacial score (nSPS) is 34.9. The molecule has 0 aromatic rings. The van der Waals surface area contributed by atoms with E-state index in [-0.39, 0.29) is 255 Å². The van der Waals surface area contributed by atoms with Crippen molar-refractivity contribution in [2.24, 2.45) is 139 Å². The van der Waals surface area contributed by atoms with E-state index in [0.717, 1.165) is 116 Å². The molecule has 7 saturated carbocycles. The van der Waals surface area contributed by atoms with Crippen LogP contribution < -0.4 is 0 Å². The standard InChI is InChI=1S/C90H156O18/c1-25-97-73(91)49-103-79-55-31-57-39-68(86(10,11)12)41-59(80(57)104-50-74(92)98-26-2)33-61-43-70(88(16,17)18)45-63(82(61)106-52-76(94)100-28-4)35-65-47-72(90(22,23)24)48-66(84(65)108-54-78(96)102-30-6)36-64-46-71(89(19,20)21)44-62(83(64)107-53-77(95)101-29-5)34-60-42-69(87(13,14)15)40-58(81(60)105-51-75(93)99-27-3)32-56(79)38-67(37-55)85(7,8)9/h55-72,79-84H,25-54H2,1-24H3. The van der Waals surface area contributed by atoms with Crippen molar-refractivity contribution < 1.29 is 85.6 Å². The number of carbonyl (C=O) groups excluding carboxylic acids is 6. The van der Waals surface area contributed by atoms with Crippen LogP contribution in [0, 0.1) is 139 Å². The summed E-state index contributed by atoms with van der Waals surface area (Å²) in [6.07, 6.45) is 12.4. The largest absolute Gasteiger partial charge is 0.464 e. The molecule has 0 amide bonds. The minimum atomic E-state index is -0.398. The van der Waals surface area contributed by atoms with Crippen LogP contribution in [0.2, 0.25) is 0 Å². The summed E-state index contributed by atoms with van der Waals surface area (Å²) >= 11 is 0. The van der Waals surface area contributed by atoms with Crippen molar-refractivity contribution in [2.45, 2.75) is 318 Å². The molecule has 0 heterocycles. The summed E-state index contributed by atoms with van der Waals surface area (Å²) in [5, 5.41) is 0. The average molecular weight is 1530 g/mol. The Labute approximate surface area is 655 Å². The molecule has 7 aliphatic rings. The van der Waals surface area contributed by atoms with Gasteiger partial charge in [-0.25, -0.2) is 28.8 Å². The summed E-state index contributed by atoms with van der Waals surface area (Å²) in [6, 6.07) is 0. The molecule has 624 valence electrons. The Balaban J connectivity index is 1.57. The van der Waals surface area contributed by atoms with E-state index in [0.29, 0.717) is 0 Å². The molecule has 0 aromatic heterocycles. The molecule has 18 heteroatoms. The summed E-state index contributed by atoms with van der Waals surface area (Å²) < 4.78 is 78.4. The highest BCUT2D eigenvalue weighted by molar-refractivity contribution is 5.72. The number of hydrogen-bond donors (Lipinski definition) is 0. The van der Waals surface area contributed by atoms with Gasteiger partial charge in [0.05, 0.1) is 76.3 Å². The lowest BCUT2D eigenvalue weighted by molar-refractivity contribution is -0.170. The van der Waals surface area contributed by atoms with E-state index < -0.39 is 35.8 Å². The van der Waals surface area contributed by atoms with E-state index >= 15 is 0 Å². The van der Waals surface area contributed by atoms with Crippen LogP contribution in [0.25, 0.3) is 0 Å². The number of esters is 6. The van der Waals surface area contributed by atoms with Crippen molar-refractivity contribution >= 4 is 35.8 Å². The molecule has 7 aliphatic carbocycles. The Hall–Kier alpha value is -3.42. The lowest BCUT2D eigenvalue weighted by atomic mass is 9.54. The first-order valence-corrected chi connectivity index (χ1v) is 43.1. The van der Waals surface area contributed by atoms with Gasteiger partial charge in [-0.05, 0) is 296 Å². The molecule has 0 saturated heterocycles. The van der Waals surface area contributed by atoms with Gasteiger partial charge in [-0.1, -0.05) is 125 Å². The van der Waals surface area contributed by atoms with Crippen molar-refractivity contribution in [1.29, 1.82) is 0 Å². The molecule has 108 heavy (non-hydrogen) atoms. The van der Waals surface area contributed by atoms with Crippen LogP contribution in [0.3, 0.4) is 0 Å². The Morgan fingerprint density at radius 2 is 0.296 bits per heavy atom. The van der Waals surface area contributed by atoms with Crippen LogP contribution in [0.5, 0.6) is 0 Å². The van der Waals surface area contributed by atoms with Crippen LogP contribution in [0.1, 0.15) is 282 Å². The number of hydrogen-bond acceptors (Lipinski definition) is 18. The third-order valence-corrected chi connectivity index (χ3v) is 27.8. The van der Waals surface area contributed by atoms with Gasteiger partial charge in [0.15, 0.2) is 0 Å². The zero-order valence-corrected chi connectivity index (χ0v) is 72.4. The molecule has 0 spiro atoms. The van der Waals surface area contributed by atoms with Gasteiger partial charge in [-0.15, -0.1) is 0 Å². The average Bonchev–Trinajstić information content (AvgIpc) is 0.770. The summed E-state index contributed by atoms with van der Waals surface area (Å²) in [5.74, 6) is -1.42. The molecular weight excluding hydrogens is 1370 g/mol. The highest BCUT2D eigenvalue weighted by Gasteiger charge is 2.56. The molecule has 0 aliphatic heterocycles.